The number of nitrogens with one attached hydrogen (secondary N) is 1. The molecule has 1 rings (SSSR count). The maximum atomic E-state index is 12.2. The number of hydrogen-bond acceptors (Lipinski definition) is 2. The summed E-state index contributed by atoms with van der Waals surface area (Å²) in [4.78, 5) is 10.9. The molecule has 1 N–H and O–H groups in total. The quantitative estimate of drug-likeness (QED) is 0.485. The first-order chi connectivity index (χ1) is 9.40. The topological polar surface area (TPSA) is 29.1 Å². The van der Waals surface area contributed by atoms with Gasteiger partial charge in [-0.05, 0) is 44.0 Å². The number of thioether (sulfide) groups is 1. The van der Waals surface area contributed by atoms with E-state index >= 15 is 0 Å². The molecule has 0 saturated carbocycles. The van der Waals surface area contributed by atoms with Gasteiger partial charge < -0.3 is 5.32 Å². The first-order valence-corrected chi connectivity index (χ1v) is 7.54. The summed E-state index contributed by atoms with van der Waals surface area (Å²) in [6, 6.07) is 2.28. The van der Waals surface area contributed by atoms with Crippen LogP contribution in [0.2, 0.25) is 0 Å². The molecule has 0 aliphatic heterocycles. The first-order valence-electron chi connectivity index (χ1n) is 4.97. The Bertz CT molecular complexity index is 546. The van der Waals surface area contributed by atoms with E-state index in [2.05, 4.69) is 31.9 Å². The van der Waals surface area contributed by atoms with Crippen LogP contribution < -0.4 is 5.32 Å². The largest absolute Gasteiger partial charge is 0.471 e. The molecule has 2 nitrogen and oxygen atoms in total. The lowest BCUT2D eigenvalue weighted by Gasteiger charge is -2.13. The fourth-order valence-corrected chi connectivity index (χ4v) is 3.24. The van der Waals surface area contributed by atoms with Gasteiger partial charge in [0, 0.05) is 13.8 Å². The predicted molar refractivity (Wildman–Crippen MR) is 73.3 cm³/mol. The second-order valence-corrected chi connectivity index (χ2v) is 6.34. The average Bonchev–Trinajstić information content (AvgIpc) is 2.28. The van der Waals surface area contributed by atoms with Crippen molar-refractivity contribution in [3.05, 3.63) is 21.1 Å². The fourth-order valence-electron chi connectivity index (χ4n) is 1.09. The molecule has 0 atom stereocenters. The zero-order chi connectivity index (χ0) is 16.4. The van der Waals surface area contributed by atoms with Crippen LogP contribution in [0.1, 0.15) is 0 Å². The number of rotatable bonds is 3. The smallest absolute Gasteiger partial charge is 0.317 e. The molecule has 1 amide bonds. The maximum absolute atomic E-state index is 12.2. The molecular weight excluding hydrogens is 456 g/mol. The van der Waals surface area contributed by atoms with E-state index in [1.54, 1.807) is 5.32 Å². The molecule has 0 aliphatic carbocycles. The summed E-state index contributed by atoms with van der Waals surface area (Å²) in [6.45, 7) is 0. The Morgan fingerprint density at radius 3 is 2.14 bits per heavy atom. The highest BCUT2D eigenvalue weighted by Gasteiger charge is 2.39. The van der Waals surface area contributed by atoms with E-state index in [-0.39, 0.29) is 19.5 Å². The molecule has 0 aromatic heterocycles. The molecule has 1 aromatic rings. The molecular formula is C10H5Br2F6NOS. The highest BCUT2D eigenvalue weighted by Crippen LogP contribution is 2.38. The van der Waals surface area contributed by atoms with Gasteiger partial charge in [0.05, 0.1) is 11.4 Å². The molecule has 118 valence electrons. The van der Waals surface area contributed by atoms with Crippen molar-refractivity contribution in [3.63, 3.8) is 0 Å². The number of anilines is 1. The molecule has 0 aliphatic rings. The Kier molecular flexibility index (Phi) is 6.01. The van der Waals surface area contributed by atoms with Crippen LogP contribution in [0.15, 0.2) is 26.0 Å². The Balaban J connectivity index is 2.98. The van der Waals surface area contributed by atoms with E-state index in [4.69, 9.17) is 0 Å². The van der Waals surface area contributed by atoms with Gasteiger partial charge in [-0.15, -0.1) is 11.8 Å². The van der Waals surface area contributed by atoms with Crippen molar-refractivity contribution in [2.45, 2.75) is 17.2 Å². The summed E-state index contributed by atoms with van der Waals surface area (Å²) in [5, 5.41) is 1.59. The van der Waals surface area contributed by atoms with Gasteiger partial charge in [0.2, 0.25) is 0 Å². The van der Waals surface area contributed by atoms with Crippen LogP contribution in [0.4, 0.5) is 32.0 Å². The fraction of sp³-hybridized carbons (Fsp3) is 0.300. The van der Waals surface area contributed by atoms with Gasteiger partial charge in [0.15, 0.2) is 0 Å². The van der Waals surface area contributed by atoms with Gasteiger partial charge >= 0.3 is 18.3 Å². The standard InChI is InChI=1S/C10H5Br2F6NOS/c11-4-1-5(12)7(21-3-9(13,14)15)2-6(4)19-8(20)10(16,17)18/h1-2H,3H2,(H,19,20). The zero-order valence-electron chi connectivity index (χ0n) is 9.70. The normalized spacial score (nSPS) is 12.4. The van der Waals surface area contributed by atoms with Crippen molar-refractivity contribution in [1.29, 1.82) is 0 Å². The highest BCUT2D eigenvalue weighted by molar-refractivity contribution is 9.11. The minimum atomic E-state index is -5.09. The Hall–Kier alpha value is -0.420. The van der Waals surface area contributed by atoms with E-state index in [1.165, 1.54) is 6.07 Å². The number of amides is 1. The van der Waals surface area contributed by atoms with Crippen molar-refractivity contribution in [2.24, 2.45) is 0 Å². The summed E-state index contributed by atoms with van der Waals surface area (Å²) in [5.74, 6) is -3.42. The SMILES string of the molecule is O=C(Nc1cc(SCC(F)(F)F)c(Br)cc1Br)C(F)(F)F. The number of carbonyl (C=O) groups excluding carboxylic acids is 1. The van der Waals surface area contributed by atoms with Crippen molar-refractivity contribution in [2.75, 3.05) is 11.1 Å². The maximum Gasteiger partial charge on any atom is 0.471 e. The molecule has 0 radical (unpaired) electrons. The number of carbonyl (C=O) groups is 1. The molecule has 0 saturated heterocycles. The molecule has 1 aromatic carbocycles. The van der Waals surface area contributed by atoms with Crippen LogP contribution in [0, 0.1) is 0 Å². The highest BCUT2D eigenvalue weighted by atomic mass is 79.9. The van der Waals surface area contributed by atoms with Gasteiger partial charge in [-0.3, -0.25) is 4.79 Å². The van der Waals surface area contributed by atoms with Crippen LogP contribution in [0.5, 0.6) is 0 Å². The van der Waals surface area contributed by atoms with Crippen molar-refractivity contribution in [3.8, 4) is 0 Å². The minimum Gasteiger partial charge on any atom is -0.317 e. The lowest BCUT2D eigenvalue weighted by atomic mass is 10.3. The van der Waals surface area contributed by atoms with Gasteiger partial charge in [-0.1, -0.05) is 0 Å². The summed E-state index contributed by atoms with van der Waals surface area (Å²) in [7, 11) is 0. The zero-order valence-corrected chi connectivity index (χ0v) is 13.7. The number of halogens is 8. The summed E-state index contributed by atoms with van der Waals surface area (Å²) < 4.78 is 73.3. The van der Waals surface area contributed by atoms with Crippen LogP contribution >= 0.6 is 43.6 Å². The summed E-state index contributed by atoms with van der Waals surface area (Å²) in [6.07, 6.45) is -9.52. The van der Waals surface area contributed by atoms with Gasteiger partial charge in [-0.25, -0.2) is 0 Å². The van der Waals surface area contributed by atoms with Crippen molar-refractivity contribution >= 4 is 55.2 Å². The summed E-state index contributed by atoms with van der Waals surface area (Å²) in [5.41, 5.74) is -0.273. The van der Waals surface area contributed by atoms with Crippen LogP contribution in [0.25, 0.3) is 0 Å². The lowest BCUT2D eigenvalue weighted by molar-refractivity contribution is -0.167. The predicted octanol–water partition coefficient (Wildman–Crippen LogP) is 5.37. The first kappa shape index (κ1) is 18.6. The van der Waals surface area contributed by atoms with E-state index in [1.807, 2.05) is 0 Å². The van der Waals surface area contributed by atoms with E-state index < -0.39 is 24.0 Å². The third-order valence-electron chi connectivity index (χ3n) is 1.92. The van der Waals surface area contributed by atoms with E-state index in [0.717, 1.165) is 6.07 Å². The molecule has 0 bridgehead atoms. The van der Waals surface area contributed by atoms with Crippen LogP contribution in [-0.4, -0.2) is 24.0 Å². The lowest BCUT2D eigenvalue weighted by Crippen LogP contribution is -2.30. The van der Waals surface area contributed by atoms with Crippen LogP contribution in [-0.2, 0) is 4.79 Å². The molecule has 0 heterocycles. The van der Waals surface area contributed by atoms with Crippen molar-refractivity contribution < 1.29 is 31.1 Å². The Morgan fingerprint density at radius 1 is 1.10 bits per heavy atom. The Labute approximate surface area is 135 Å². The summed E-state index contributed by atoms with van der Waals surface area (Å²) >= 11 is 6.31. The molecule has 0 spiro atoms. The molecule has 11 heteroatoms. The monoisotopic (exact) mass is 459 g/mol. The minimum absolute atomic E-state index is 0.0491. The van der Waals surface area contributed by atoms with Gasteiger partial charge in [-0.2, -0.15) is 26.3 Å². The van der Waals surface area contributed by atoms with E-state index in [9.17, 15) is 31.1 Å². The molecule has 0 fully saturated rings. The number of hydrogen-bond donors (Lipinski definition) is 1. The van der Waals surface area contributed by atoms with Gasteiger partial charge in [0.25, 0.3) is 0 Å². The molecule has 21 heavy (non-hydrogen) atoms. The second kappa shape index (κ2) is 6.78. The Morgan fingerprint density at radius 2 is 1.67 bits per heavy atom. The van der Waals surface area contributed by atoms with Crippen molar-refractivity contribution in [1.82, 2.24) is 0 Å². The number of alkyl halides is 6. The number of benzene rings is 1. The third-order valence-corrected chi connectivity index (χ3v) is 4.61. The third kappa shape index (κ3) is 6.07. The average molecular weight is 461 g/mol. The molecule has 0 unspecified atom stereocenters. The van der Waals surface area contributed by atoms with Gasteiger partial charge in [0.1, 0.15) is 0 Å². The van der Waals surface area contributed by atoms with Crippen LogP contribution in [0.3, 0.4) is 0 Å². The second-order valence-electron chi connectivity index (χ2n) is 3.62. The van der Waals surface area contributed by atoms with E-state index in [0.29, 0.717) is 11.8 Å².